The van der Waals surface area contributed by atoms with E-state index in [2.05, 4.69) is 29.6 Å². The highest BCUT2D eigenvalue weighted by molar-refractivity contribution is 6.01. The Bertz CT molecular complexity index is 1100. The molecule has 0 saturated heterocycles. The van der Waals surface area contributed by atoms with Crippen molar-refractivity contribution in [1.29, 1.82) is 0 Å². The molecule has 2 heterocycles. The topological polar surface area (TPSA) is 115 Å². The monoisotopic (exact) mass is 485 g/mol. The van der Waals surface area contributed by atoms with Crippen LogP contribution in [0, 0.1) is 5.92 Å². The van der Waals surface area contributed by atoms with Gasteiger partial charge < -0.3 is 25.0 Å². The SMILES string of the molecule is COc1ccc(CCNC(=O)c2cc3n(n2)C[C@@](C)(C(=O)NCCC(C)C)N(C)C3=O)cc1OC. The predicted molar refractivity (Wildman–Crippen MR) is 131 cm³/mol. The summed E-state index contributed by atoms with van der Waals surface area (Å²) in [6, 6.07) is 7.06. The molecule has 2 N–H and O–H groups in total. The first-order chi connectivity index (χ1) is 16.6. The zero-order valence-corrected chi connectivity index (χ0v) is 21.3. The van der Waals surface area contributed by atoms with Gasteiger partial charge in [0.15, 0.2) is 17.2 Å². The second-order valence-electron chi connectivity index (χ2n) is 9.34. The Morgan fingerprint density at radius 1 is 1.11 bits per heavy atom. The van der Waals surface area contributed by atoms with Gasteiger partial charge in [0.05, 0.1) is 20.8 Å². The summed E-state index contributed by atoms with van der Waals surface area (Å²) >= 11 is 0. The lowest BCUT2D eigenvalue weighted by Gasteiger charge is -2.40. The van der Waals surface area contributed by atoms with Crippen LogP contribution in [0.2, 0.25) is 0 Å². The van der Waals surface area contributed by atoms with E-state index in [-0.39, 0.29) is 35.7 Å². The number of methoxy groups -OCH3 is 2. The Labute approximate surface area is 206 Å². The van der Waals surface area contributed by atoms with Crippen LogP contribution in [0.5, 0.6) is 11.5 Å². The number of nitrogens with one attached hydrogen (secondary N) is 2. The van der Waals surface area contributed by atoms with Crippen molar-refractivity contribution in [3.63, 3.8) is 0 Å². The maximum absolute atomic E-state index is 13.0. The highest BCUT2D eigenvalue weighted by atomic mass is 16.5. The van der Waals surface area contributed by atoms with Crippen LogP contribution in [0.25, 0.3) is 0 Å². The van der Waals surface area contributed by atoms with E-state index in [1.165, 1.54) is 15.6 Å². The van der Waals surface area contributed by atoms with Gasteiger partial charge in [0, 0.05) is 26.2 Å². The quantitative estimate of drug-likeness (QED) is 0.531. The molecule has 1 aliphatic rings. The fraction of sp³-hybridized carbons (Fsp3) is 0.520. The molecule has 1 atom stereocenters. The third kappa shape index (κ3) is 5.58. The smallest absolute Gasteiger partial charge is 0.272 e. The molecule has 190 valence electrons. The Morgan fingerprint density at radius 2 is 1.83 bits per heavy atom. The minimum atomic E-state index is -1.10. The van der Waals surface area contributed by atoms with Gasteiger partial charge in [-0.25, -0.2) is 0 Å². The minimum absolute atomic E-state index is 0.138. The molecule has 0 radical (unpaired) electrons. The van der Waals surface area contributed by atoms with E-state index >= 15 is 0 Å². The van der Waals surface area contributed by atoms with Gasteiger partial charge in [0.1, 0.15) is 11.2 Å². The van der Waals surface area contributed by atoms with E-state index in [4.69, 9.17) is 9.47 Å². The number of amides is 3. The first-order valence-corrected chi connectivity index (χ1v) is 11.7. The molecule has 3 rings (SSSR count). The van der Waals surface area contributed by atoms with Crippen molar-refractivity contribution in [2.45, 2.75) is 45.7 Å². The summed E-state index contributed by atoms with van der Waals surface area (Å²) < 4.78 is 12.0. The van der Waals surface area contributed by atoms with Crippen LogP contribution in [0.15, 0.2) is 24.3 Å². The van der Waals surface area contributed by atoms with Crippen LogP contribution in [0.3, 0.4) is 0 Å². The van der Waals surface area contributed by atoms with Crippen LogP contribution in [0.1, 0.15) is 53.7 Å². The molecular formula is C25H35N5O5. The number of aromatic nitrogens is 2. The summed E-state index contributed by atoms with van der Waals surface area (Å²) in [6.07, 6.45) is 1.43. The second kappa shape index (κ2) is 10.8. The number of rotatable bonds is 10. The third-order valence-electron chi connectivity index (χ3n) is 6.38. The normalized spacial score (nSPS) is 17.2. The number of likely N-dealkylation sites (N-methyl/N-ethyl adjacent to an activating group) is 1. The lowest BCUT2D eigenvalue weighted by molar-refractivity contribution is -0.132. The van der Waals surface area contributed by atoms with Crippen molar-refractivity contribution in [1.82, 2.24) is 25.3 Å². The van der Waals surface area contributed by atoms with E-state index < -0.39 is 5.54 Å². The molecule has 0 saturated carbocycles. The van der Waals surface area contributed by atoms with Crippen LogP contribution >= 0.6 is 0 Å². The van der Waals surface area contributed by atoms with E-state index in [1.807, 2.05) is 18.2 Å². The summed E-state index contributed by atoms with van der Waals surface area (Å²) in [4.78, 5) is 40.1. The Morgan fingerprint density at radius 3 is 2.49 bits per heavy atom. The fourth-order valence-corrected chi connectivity index (χ4v) is 3.95. The number of carbonyl (C=O) groups excluding carboxylic acids is 3. The highest BCUT2D eigenvalue weighted by Crippen LogP contribution is 2.28. The molecule has 0 unspecified atom stereocenters. The Balaban J connectivity index is 1.65. The zero-order chi connectivity index (χ0) is 25.8. The molecular weight excluding hydrogens is 450 g/mol. The maximum atomic E-state index is 13.0. The lowest BCUT2D eigenvalue weighted by Crippen LogP contribution is -2.62. The van der Waals surface area contributed by atoms with Crippen molar-refractivity contribution < 1.29 is 23.9 Å². The lowest BCUT2D eigenvalue weighted by atomic mass is 9.95. The summed E-state index contributed by atoms with van der Waals surface area (Å²) in [5.41, 5.74) is 0.292. The zero-order valence-electron chi connectivity index (χ0n) is 21.3. The average Bonchev–Trinajstić information content (AvgIpc) is 3.26. The van der Waals surface area contributed by atoms with Crippen molar-refractivity contribution in [3.05, 3.63) is 41.2 Å². The second-order valence-corrected chi connectivity index (χ2v) is 9.34. The van der Waals surface area contributed by atoms with Crippen LogP contribution < -0.4 is 20.1 Å². The number of benzene rings is 1. The minimum Gasteiger partial charge on any atom is -0.493 e. The van der Waals surface area contributed by atoms with E-state index in [0.717, 1.165) is 12.0 Å². The van der Waals surface area contributed by atoms with Gasteiger partial charge in [-0.2, -0.15) is 5.10 Å². The maximum Gasteiger partial charge on any atom is 0.272 e. The molecule has 1 aromatic heterocycles. The highest BCUT2D eigenvalue weighted by Gasteiger charge is 2.46. The van der Waals surface area contributed by atoms with Crippen molar-refractivity contribution in [3.8, 4) is 11.5 Å². The average molecular weight is 486 g/mol. The molecule has 0 aliphatic carbocycles. The summed E-state index contributed by atoms with van der Waals surface area (Å²) in [6.45, 7) is 6.95. The molecule has 3 amide bonds. The molecule has 0 spiro atoms. The van der Waals surface area contributed by atoms with Crippen LogP contribution in [-0.4, -0.2) is 72.3 Å². The fourth-order valence-electron chi connectivity index (χ4n) is 3.95. The van der Waals surface area contributed by atoms with Crippen LogP contribution in [-0.2, 0) is 17.8 Å². The summed E-state index contributed by atoms with van der Waals surface area (Å²) in [5, 5.41) is 10.1. The number of carbonyl (C=O) groups is 3. The number of nitrogens with zero attached hydrogens (tertiary/aromatic N) is 3. The van der Waals surface area contributed by atoms with Crippen molar-refractivity contribution >= 4 is 17.7 Å². The van der Waals surface area contributed by atoms with Gasteiger partial charge in [-0.3, -0.25) is 19.1 Å². The van der Waals surface area contributed by atoms with Gasteiger partial charge in [-0.1, -0.05) is 19.9 Å². The number of hydrogen-bond donors (Lipinski definition) is 2. The largest absolute Gasteiger partial charge is 0.493 e. The summed E-state index contributed by atoms with van der Waals surface area (Å²) in [7, 11) is 4.75. The predicted octanol–water partition coefficient (Wildman–Crippen LogP) is 1.88. The molecule has 10 heteroatoms. The van der Waals surface area contributed by atoms with Gasteiger partial charge in [-0.05, 0) is 43.4 Å². The molecule has 1 aromatic carbocycles. The molecule has 0 fully saturated rings. The molecule has 10 nitrogen and oxygen atoms in total. The summed E-state index contributed by atoms with van der Waals surface area (Å²) in [5.74, 6) is 0.743. The van der Waals surface area contributed by atoms with Crippen molar-refractivity contribution in [2.24, 2.45) is 5.92 Å². The van der Waals surface area contributed by atoms with E-state index in [9.17, 15) is 14.4 Å². The van der Waals surface area contributed by atoms with E-state index in [1.54, 1.807) is 28.2 Å². The molecule has 1 aliphatic heterocycles. The van der Waals surface area contributed by atoms with Crippen molar-refractivity contribution in [2.75, 3.05) is 34.4 Å². The number of ether oxygens (including phenoxy) is 2. The Kier molecular flexibility index (Phi) is 8.03. The van der Waals surface area contributed by atoms with Gasteiger partial charge in [0.25, 0.3) is 11.8 Å². The first kappa shape index (κ1) is 26.1. The van der Waals surface area contributed by atoms with Gasteiger partial charge in [-0.15, -0.1) is 0 Å². The number of fused-ring (bicyclic) bond motifs is 1. The molecule has 35 heavy (non-hydrogen) atoms. The van der Waals surface area contributed by atoms with Crippen LogP contribution in [0.4, 0.5) is 0 Å². The standard InChI is InChI=1S/C25H35N5O5/c1-16(2)9-11-27-24(33)25(3)15-30-19(23(32)29(25)4)14-18(28-30)22(31)26-12-10-17-7-8-20(34-5)21(13-17)35-6/h7-8,13-14,16H,9-12,15H2,1-6H3,(H,26,31)(H,27,33)/t25-/m0/s1. The Hall–Kier alpha value is -3.56. The molecule has 2 aromatic rings. The number of hydrogen-bond acceptors (Lipinski definition) is 6. The van der Waals surface area contributed by atoms with Gasteiger partial charge >= 0.3 is 0 Å². The first-order valence-electron chi connectivity index (χ1n) is 11.7. The van der Waals surface area contributed by atoms with Gasteiger partial charge in [0.2, 0.25) is 5.91 Å². The molecule has 0 bridgehead atoms. The van der Waals surface area contributed by atoms with E-state index in [0.29, 0.717) is 36.9 Å². The third-order valence-corrected chi connectivity index (χ3v) is 6.38.